The molecule has 4 N–H and O–H groups in total. The van der Waals surface area contributed by atoms with Crippen LogP contribution >= 0.6 is 15.9 Å². The molecule has 0 aliphatic heterocycles. The maximum atomic E-state index is 12.2. The number of nitrogen functional groups attached to an aromatic ring is 1. The summed E-state index contributed by atoms with van der Waals surface area (Å²) in [7, 11) is -3.91. The van der Waals surface area contributed by atoms with Crippen LogP contribution in [0.2, 0.25) is 0 Å². The van der Waals surface area contributed by atoms with Gasteiger partial charge in [-0.15, -0.1) is 0 Å². The first-order valence-electron chi connectivity index (χ1n) is 5.64. The van der Waals surface area contributed by atoms with Crippen molar-refractivity contribution < 1.29 is 13.5 Å². The minimum atomic E-state index is -3.91. The maximum absolute atomic E-state index is 12.2. The van der Waals surface area contributed by atoms with E-state index in [9.17, 15) is 13.5 Å². The molecule has 0 bridgehead atoms. The Labute approximate surface area is 130 Å². The Balaban J connectivity index is 2.42. The maximum Gasteiger partial charge on any atom is 0.262 e. The fourth-order valence-corrected chi connectivity index (χ4v) is 3.08. The minimum absolute atomic E-state index is 0.0470. The molecular formula is C13H10BrN3O3S. The van der Waals surface area contributed by atoms with Crippen LogP contribution in [0.15, 0.2) is 45.8 Å². The summed E-state index contributed by atoms with van der Waals surface area (Å²) >= 11 is 3.21. The smallest absolute Gasteiger partial charge is 0.262 e. The van der Waals surface area contributed by atoms with Gasteiger partial charge in [-0.2, -0.15) is 5.26 Å². The number of phenols is 1. The molecule has 0 saturated heterocycles. The van der Waals surface area contributed by atoms with E-state index in [0.29, 0.717) is 4.47 Å². The molecule has 21 heavy (non-hydrogen) atoms. The largest absolute Gasteiger partial charge is 0.506 e. The van der Waals surface area contributed by atoms with E-state index in [0.717, 1.165) is 6.07 Å². The van der Waals surface area contributed by atoms with Gasteiger partial charge in [-0.3, -0.25) is 4.72 Å². The summed E-state index contributed by atoms with van der Waals surface area (Å²) in [5.41, 5.74) is 5.78. The summed E-state index contributed by atoms with van der Waals surface area (Å²) in [5.74, 6) is -0.199. The normalized spacial score (nSPS) is 10.9. The molecule has 0 aromatic heterocycles. The Morgan fingerprint density at radius 1 is 1.24 bits per heavy atom. The number of benzene rings is 2. The molecule has 0 aliphatic carbocycles. The van der Waals surface area contributed by atoms with Crippen LogP contribution < -0.4 is 10.5 Å². The predicted octanol–water partition coefficient (Wildman–Crippen LogP) is 2.41. The Bertz CT molecular complexity index is 844. The van der Waals surface area contributed by atoms with Gasteiger partial charge in [0.1, 0.15) is 11.8 Å². The van der Waals surface area contributed by atoms with E-state index < -0.39 is 10.0 Å². The van der Waals surface area contributed by atoms with Crippen LogP contribution in [0.1, 0.15) is 5.56 Å². The molecule has 0 atom stereocenters. The number of nitrogens with two attached hydrogens (primary N) is 1. The lowest BCUT2D eigenvalue weighted by molar-refractivity contribution is 0.477. The molecule has 0 unspecified atom stereocenters. The third-order valence-electron chi connectivity index (χ3n) is 2.66. The third kappa shape index (κ3) is 3.26. The van der Waals surface area contributed by atoms with Gasteiger partial charge < -0.3 is 10.8 Å². The van der Waals surface area contributed by atoms with Crippen LogP contribution in [0.3, 0.4) is 0 Å². The molecule has 2 aromatic carbocycles. The number of aromatic hydroxyl groups is 1. The van der Waals surface area contributed by atoms with Crippen LogP contribution in [-0.2, 0) is 10.0 Å². The highest BCUT2D eigenvalue weighted by molar-refractivity contribution is 9.10. The first-order chi connectivity index (χ1) is 9.83. The molecular weight excluding hydrogens is 358 g/mol. The van der Waals surface area contributed by atoms with E-state index >= 15 is 0 Å². The number of halogens is 1. The quantitative estimate of drug-likeness (QED) is 0.568. The van der Waals surface area contributed by atoms with Crippen LogP contribution in [0.25, 0.3) is 0 Å². The summed E-state index contributed by atoms with van der Waals surface area (Å²) in [6.07, 6.45) is 0. The molecule has 6 nitrogen and oxygen atoms in total. The van der Waals surface area contributed by atoms with Crippen molar-refractivity contribution in [3.05, 3.63) is 46.4 Å². The molecule has 0 radical (unpaired) electrons. The zero-order valence-corrected chi connectivity index (χ0v) is 12.9. The van der Waals surface area contributed by atoms with E-state index in [-0.39, 0.29) is 27.6 Å². The Kier molecular flexibility index (Phi) is 4.06. The summed E-state index contributed by atoms with van der Waals surface area (Å²) in [4.78, 5) is -0.107. The first kappa shape index (κ1) is 15.2. The predicted molar refractivity (Wildman–Crippen MR) is 82.2 cm³/mol. The van der Waals surface area contributed by atoms with Crippen molar-refractivity contribution in [1.82, 2.24) is 0 Å². The fraction of sp³-hybridized carbons (Fsp3) is 0. The second kappa shape index (κ2) is 5.63. The molecule has 0 amide bonds. The molecule has 2 aromatic rings. The standard InChI is InChI=1S/C13H10BrN3O3S/c14-9-1-3-12(8(5-9)7-15)17-21(19,20)10-2-4-13(18)11(16)6-10/h1-6,17-18H,16H2. The van der Waals surface area contributed by atoms with E-state index in [2.05, 4.69) is 20.7 Å². The lowest BCUT2D eigenvalue weighted by Crippen LogP contribution is -2.14. The number of nitrogens with zero attached hydrogens (tertiary/aromatic N) is 1. The highest BCUT2D eigenvalue weighted by atomic mass is 79.9. The third-order valence-corrected chi connectivity index (χ3v) is 4.51. The monoisotopic (exact) mass is 367 g/mol. The molecule has 108 valence electrons. The number of nitriles is 1. The van der Waals surface area contributed by atoms with Gasteiger partial charge >= 0.3 is 0 Å². The number of rotatable bonds is 3. The average Bonchev–Trinajstić information content (AvgIpc) is 2.43. The number of sulfonamides is 1. The number of phenolic OH excluding ortho intramolecular Hbond substituents is 1. The highest BCUT2D eigenvalue weighted by Gasteiger charge is 2.17. The van der Waals surface area contributed by atoms with Gasteiger partial charge in [-0.05, 0) is 36.4 Å². The Hall–Kier alpha value is -2.24. The molecule has 0 heterocycles. The van der Waals surface area contributed by atoms with Crippen LogP contribution in [0.4, 0.5) is 11.4 Å². The number of anilines is 2. The van der Waals surface area contributed by atoms with Gasteiger partial charge in [-0.25, -0.2) is 8.42 Å². The van der Waals surface area contributed by atoms with Gasteiger partial charge in [0, 0.05) is 4.47 Å². The van der Waals surface area contributed by atoms with Crippen molar-refractivity contribution in [2.24, 2.45) is 0 Å². The van der Waals surface area contributed by atoms with Crippen LogP contribution in [0, 0.1) is 11.3 Å². The minimum Gasteiger partial charge on any atom is -0.506 e. The summed E-state index contributed by atoms with van der Waals surface area (Å²) < 4.78 is 27.5. The number of hydrogen-bond donors (Lipinski definition) is 3. The Morgan fingerprint density at radius 3 is 2.57 bits per heavy atom. The van der Waals surface area contributed by atoms with Crippen molar-refractivity contribution in [3.63, 3.8) is 0 Å². The molecule has 0 saturated carbocycles. The van der Waals surface area contributed by atoms with Crippen LogP contribution in [0.5, 0.6) is 5.75 Å². The molecule has 8 heteroatoms. The zero-order chi connectivity index (χ0) is 15.6. The van der Waals surface area contributed by atoms with Gasteiger partial charge in [-0.1, -0.05) is 15.9 Å². The zero-order valence-electron chi connectivity index (χ0n) is 10.5. The molecule has 0 fully saturated rings. The van der Waals surface area contributed by atoms with Gasteiger partial charge in [0.05, 0.1) is 21.8 Å². The molecule has 0 aliphatic rings. The van der Waals surface area contributed by atoms with E-state index in [1.165, 1.54) is 24.3 Å². The SMILES string of the molecule is N#Cc1cc(Br)ccc1NS(=O)(=O)c1ccc(O)c(N)c1. The molecule has 2 rings (SSSR count). The number of nitrogens with one attached hydrogen (secondary N) is 1. The van der Waals surface area contributed by atoms with E-state index in [1.54, 1.807) is 6.07 Å². The van der Waals surface area contributed by atoms with Crippen molar-refractivity contribution in [2.75, 3.05) is 10.5 Å². The van der Waals surface area contributed by atoms with E-state index in [4.69, 9.17) is 11.0 Å². The van der Waals surface area contributed by atoms with Crippen molar-refractivity contribution in [2.45, 2.75) is 4.90 Å². The second-order valence-electron chi connectivity index (χ2n) is 4.13. The number of hydrogen-bond acceptors (Lipinski definition) is 5. The van der Waals surface area contributed by atoms with Gasteiger partial charge in [0.15, 0.2) is 0 Å². The fourth-order valence-electron chi connectivity index (χ4n) is 1.60. The van der Waals surface area contributed by atoms with E-state index in [1.807, 2.05) is 6.07 Å². The summed E-state index contributed by atoms with van der Waals surface area (Å²) in [6.45, 7) is 0. The Morgan fingerprint density at radius 2 is 1.95 bits per heavy atom. The second-order valence-corrected chi connectivity index (χ2v) is 6.73. The van der Waals surface area contributed by atoms with Gasteiger partial charge in [0.2, 0.25) is 0 Å². The first-order valence-corrected chi connectivity index (χ1v) is 7.92. The highest BCUT2D eigenvalue weighted by Crippen LogP contribution is 2.26. The summed E-state index contributed by atoms with van der Waals surface area (Å²) in [6, 6.07) is 10.1. The average molecular weight is 368 g/mol. The van der Waals surface area contributed by atoms with Crippen molar-refractivity contribution in [3.8, 4) is 11.8 Å². The topological polar surface area (TPSA) is 116 Å². The van der Waals surface area contributed by atoms with Gasteiger partial charge in [0.25, 0.3) is 10.0 Å². The lowest BCUT2D eigenvalue weighted by Gasteiger charge is -2.10. The summed E-state index contributed by atoms with van der Waals surface area (Å²) in [5, 5.41) is 18.4. The van der Waals surface area contributed by atoms with Crippen molar-refractivity contribution >= 4 is 37.3 Å². The van der Waals surface area contributed by atoms with Crippen LogP contribution in [-0.4, -0.2) is 13.5 Å². The molecule has 0 spiro atoms. The lowest BCUT2D eigenvalue weighted by atomic mass is 10.2. The van der Waals surface area contributed by atoms with Crippen molar-refractivity contribution in [1.29, 1.82) is 5.26 Å².